The minimum absolute atomic E-state index is 0.172. The zero-order chi connectivity index (χ0) is 19.5. The first-order valence-corrected chi connectivity index (χ1v) is 9.88. The van der Waals surface area contributed by atoms with E-state index in [9.17, 15) is 9.59 Å². The van der Waals surface area contributed by atoms with Crippen molar-refractivity contribution >= 4 is 17.6 Å². The number of methoxy groups -OCH3 is 1. The van der Waals surface area contributed by atoms with Crippen LogP contribution in [0.5, 0.6) is 0 Å². The molecule has 1 aromatic carbocycles. The maximum atomic E-state index is 12.8. The average molecular weight is 382 g/mol. The van der Waals surface area contributed by atoms with Crippen LogP contribution in [0.4, 0.5) is 5.82 Å². The van der Waals surface area contributed by atoms with Crippen molar-refractivity contribution in [2.45, 2.75) is 37.8 Å². The molecule has 1 atom stereocenters. The Morgan fingerprint density at radius 1 is 1.11 bits per heavy atom. The summed E-state index contributed by atoms with van der Waals surface area (Å²) in [5.41, 5.74) is 0.806. The second kappa shape index (κ2) is 8.14. The Balaban J connectivity index is 1.40. The van der Waals surface area contributed by atoms with Gasteiger partial charge in [-0.3, -0.25) is 9.59 Å². The van der Waals surface area contributed by atoms with Crippen molar-refractivity contribution in [1.82, 2.24) is 14.7 Å². The summed E-state index contributed by atoms with van der Waals surface area (Å²) in [4.78, 5) is 27.0. The minimum atomic E-state index is -0.678. The molecule has 0 bridgehead atoms. The number of nitrogens with one attached hydrogen (secondary N) is 1. The molecule has 1 aromatic heterocycles. The van der Waals surface area contributed by atoms with E-state index in [1.165, 1.54) is 7.11 Å². The number of aromatic nitrogens is 2. The van der Waals surface area contributed by atoms with Crippen LogP contribution in [-0.4, -0.2) is 46.7 Å². The first kappa shape index (κ1) is 18.7. The summed E-state index contributed by atoms with van der Waals surface area (Å²) in [6.45, 7) is 1.50. The molecule has 7 heteroatoms. The fourth-order valence-electron chi connectivity index (χ4n) is 3.84. The summed E-state index contributed by atoms with van der Waals surface area (Å²) >= 11 is 0. The lowest BCUT2D eigenvalue weighted by Crippen LogP contribution is -2.40. The molecule has 0 unspecified atom stereocenters. The Morgan fingerprint density at radius 2 is 1.82 bits per heavy atom. The third-order valence-electron chi connectivity index (χ3n) is 5.55. The van der Waals surface area contributed by atoms with E-state index >= 15 is 0 Å². The van der Waals surface area contributed by atoms with Gasteiger partial charge in [-0.15, -0.1) is 0 Å². The highest BCUT2D eigenvalue weighted by Gasteiger charge is 2.35. The van der Waals surface area contributed by atoms with E-state index in [0.29, 0.717) is 11.7 Å². The van der Waals surface area contributed by atoms with Gasteiger partial charge in [0.15, 0.2) is 6.10 Å². The molecular formula is C21H26N4O3. The molecule has 148 valence electrons. The fraction of sp³-hybridized carbons (Fsp3) is 0.476. The van der Waals surface area contributed by atoms with E-state index in [1.54, 1.807) is 12.3 Å². The van der Waals surface area contributed by atoms with Gasteiger partial charge in [0.05, 0.1) is 12.2 Å². The minimum Gasteiger partial charge on any atom is -0.367 e. The van der Waals surface area contributed by atoms with Gasteiger partial charge in [0.25, 0.3) is 5.91 Å². The molecule has 1 saturated heterocycles. The molecular weight excluding hydrogens is 356 g/mol. The number of nitrogens with zero attached hydrogens (tertiary/aromatic N) is 3. The van der Waals surface area contributed by atoms with Crippen LogP contribution >= 0.6 is 0 Å². The van der Waals surface area contributed by atoms with Crippen molar-refractivity contribution < 1.29 is 14.3 Å². The average Bonchev–Trinajstić information content (AvgIpc) is 3.48. The maximum absolute atomic E-state index is 12.8. The number of anilines is 1. The summed E-state index contributed by atoms with van der Waals surface area (Å²) in [7, 11) is 1.53. The van der Waals surface area contributed by atoms with E-state index in [-0.39, 0.29) is 17.9 Å². The quantitative estimate of drug-likeness (QED) is 0.833. The zero-order valence-electron chi connectivity index (χ0n) is 16.1. The molecule has 2 aromatic rings. The van der Waals surface area contributed by atoms with Gasteiger partial charge < -0.3 is 15.0 Å². The molecule has 2 aliphatic rings. The molecule has 2 amide bonds. The van der Waals surface area contributed by atoms with Gasteiger partial charge >= 0.3 is 0 Å². The third-order valence-corrected chi connectivity index (χ3v) is 5.55. The number of piperidine rings is 1. The number of benzene rings is 1. The van der Waals surface area contributed by atoms with Crippen LogP contribution in [0.1, 0.15) is 43.4 Å². The summed E-state index contributed by atoms with van der Waals surface area (Å²) in [6.07, 6.45) is 4.78. The Labute approximate surface area is 164 Å². The first-order chi connectivity index (χ1) is 13.7. The normalized spacial score (nSPS) is 18.7. The number of carbonyl (C=O) groups excluding carboxylic acids is 2. The first-order valence-electron chi connectivity index (χ1n) is 9.88. The maximum Gasteiger partial charge on any atom is 0.259 e. The van der Waals surface area contributed by atoms with Crippen LogP contribution in [0.3, 0.4) is 0 Å². The van der Waals surface area contributed by atoms with Gasteiger partial charge in [-0.05, 0) is 31.2 Å². The lowest BCUT2D eigenvalue weighted by Gasteiger charge is -2.33. The van der Waals surface area contributed by atoms with Crippen molar-refractivity contribution in [3.05, 3.63) is 48.2 Å². The Hall–Kier alpha value is -2.67. The van der Waals surface area contributed by atoms with E-state index in [2.05, 4.69) is 10.4 Å². The topological polar surface area (TPSA) is 76.5 Å². The number of rotatable bonds is 6. The van der Waals surface area contributed by atoms with Gasteiger partial charge in [-0.2, -0.15) is 5.10 Å². The number of hydrogen-bond donors (Lipinski definition) is 1. The van der Waals surface area contributed by atoms with Crippen LogP contribution in [0.25, 0.3) is 0 Å². The van der Waals surface area contributed by atoms with Gasteiger partial charge in [0, 0.05) is 32.2 Å². The van der Waals surface area contributed by atoms with Crippen molar-refractivity contribution in [3.63, 3.8) is 0 Å². The van der Waals surface area contributed by atoms with Crippen LogP contribution in [-0.2, 0) is 14.3 Å². The molecule has 0 radical (unpaired) electrons. The molecule has 1 aliphatic heterocycles. The number of carbonyl (C=O) groups is 2. The lowest BCUT2D eigenvalue weighted by atomic mass is 10.0. The smallest absolute Gasteiger partial charge is 0.259 e. The Bertz CT molecular complexity index is 823. The van der Waals surface area contributed by atoms with Crippen molar-refractivity contribution in [2.75, 3.05) is 25.5 Å². The molecule has 0 spiro atoms. The highest BCUT2D eigenvalue weighted by atomic mass is 16.5. The summed E-state index contributed by atoms with van der Waals surface area (Å²) in [5.74, 6) is 1.00. The van der Waals surface area contributed by atoms with Crippen LogP contribution in [0, 0.1) is 5.92 Å². The zero-order valence-corrected chi connectivity index (χ0v) is 16.1. The monoisotopic (exact) mass is 382 g/mol. The second-order valence-corrected chi connectivity index (χ2v) is 7.51. The van der Waals surface area contributed by atoms with Crippen LogP contribution in [0.15, 0.2) is 42.6 Å². The summed E-state index contributed by atoms with van der Waals surface area (Å²) < 4.78 is 7.28. The predicted molar refractivity (Wildman–Crippen MR) is 105 cm³/mol. The van der Waals surface area contributed by atoms with Crippen LogP contribution in [0.2, 0.25) is 0 Å². The summed E-state index contributed by atoms with van der Waals surface area (Å²) in [6, 6.07) is 11.4. The second-order valence-electron chi connectivity index (χ2n) is 7.51. The number of likely N-dealkylation sites (tertiary alicyclic amines) is 1. The van der Waals surface area contributed by atoms with Gasteiger partial charge in [-0.1, -0.05) is 30.3 Å². The Morgan fingerprint density at radius 3 is 2.46 bits per heavy atom. The number of amides is 2. The molecule has 7 nitrogen and oxygen atoms in total. The van der Waals surface area contributed by atoms with Crippen molar-refractivity contribution in [1.29, 1.82) is 0 Å². The van der Waals surface area contributed by atoms with E-state index < -0.39 is 6.10 Å². The molecule has 2 heterocycles. The van der Waals surface area contributed by atoms with Gasteiger partial charge in [0.1, 0.15) is 5.82 Å². The molecule has 1 aliphatic carbocycles. The van der Waals surface area contributed by atoms with E-state index in [4.69, 9.17) is 4.74 Å². The van der Waals surface area contributed by atoms with Crippen molar-refractivity contribution in [3.8, 4) is 0 Å². The lowest BCUT2D eigenvalue weighted by molar-refractivity contribution is -0.133. The molecule has 2 fully saturated rings. The largest absolute Gasteiger partial charge is 0.367 e. The molecule has 1 N–H and O–H groups in total. The van der Waals surface area contributed by atoms with Gasteiger partial charge in [0.2, 0.25) is 5.91 Å². The van der Waals surface area contributed by atoms with E-state index in [0.717, 1.165) is 44.3 Å². The molecule has 4 rings (SSSR count). The highest BCUT2D eigenvalue weighted by molar-refractivity contribution is 5.94. The highest BCUT2D eigenvalue weighted by Crippen LogP contribution is 2.33. The molecule has 28 heavy (non-hydrogen) atoms. The number of ether oxygens (including phenoxy) is 1. The predicted octanol–water partition coefficient (Wildman–Crippen LogP) is 2.78. The SMILES string of the molecule is CO[C@@H](C(=O)Nc1ccnn1C1CCN(C(=O)C2CC2)CC1)c1ccccc1. The third kappa shape index (κ3) is 3.94. The van der Waals surface area contributed by atoms with Gasteiger partial charge in [-0.25, -0.2) is 4.68 Å². The summed E-state index contributed by atoms with van der Waals surface area (Å²) in [5, 5.41) is 7.38. The standard InChI is InChI=1S/C21H26N4O3/c1-28-19(15-5-3-2-4-6-15)20(26)23-18-9-12-22-25(18)17-10-13-24(14-11-17)21(27)16-7-8-16/h2-6,9,12,16-17,19H,7-8,10-11,13-14H2,1H3,(H,23,26)/t19-/m1/s1. The van der Waals surface area contributed by atoms with Crippen molar-refractivity contribution in [2.24, 2.45) is 5.92 Å². The fourth-order valence-corrected chi connectivity index (χ4v) is 3.84. The van der Waals surface area contributed by atoms with E-state index in [1.807, 2.05) is 39.9 Å². The van der Waals surface area contributed by atoms with Crippen LogP contribution < -0.4 is 5.32 Å². The Kier molecular flexibility index (Phi) is 5.43. The number of hydrogen-bond acceptors (Lipinski definition) is 4. The molecule has 1 saturated carbocycles.